The molecule has 1 aliphatic rings. The molecule has 0 radical (unpaired) electrons. The van der Waals surface area contributed by atoms with Crippen molar-refractivity contribution in [2.24, 2.45) is 5.92 Å². The van der Waals surface area contributed by atoms with E-state index >= 15 is 0 Å². The number of aromatic nitrogens is 2. The van der Waals surface area contributed by atoms with Crippen LogP contribution >= 0.6 is 12.4 Å². The molecule has 2 atom stereocenters. The molecule has 1 saturated heterocycles. The van der Waals surface area contributed by atoms with Crippen molar-refractivity contribution in [1.29, 1.82) is 0 Å². The highest BCUT2D eigenvalue weighted by atomic mass is 35.5. The van der Waals surface area contributed by atoms with Gasteiger partial charge in [0.15, 0.2) is 0 Å². The van der Waals surface area contributed by atoms with Gasteiger partial charge in [-0.1, -0.05) is 19.1 Å². The number of aromatic amines is 1. The van der Waals surface area contributed by atoms with Crippen molar-refractivity contribution >= 4 is 18.3 Å². The lowest BCUT2D eigenvalue weighted by Gasteiger charge is -2.30. The molecule has 0 spiro atoms. The van der Waals surface area contributed by atoms with Gasteiger partial charge in [-0.05, 0) is 31.0 Å². The van der Waals surface area contributed by atoms with Gasteiger partial charge in [0, 0.05) is 18.2 Å². The van der Waals surface area contributed by atoms with Crippen LogP contribution in [0.4, 0.5) is 4.39 Å². The van der Waals surface area contributed by atoms with Crippen LogP contribution in [0.25, 0.3) is 11.3 Å². The molecule has 23 heavy (non-hydrogen) atoms. The highest BCUT2D eigenvalue weighted by Gasteiger charge is 2.25. The fourth-order valence-corrected chi connectivity index (χ4v) is 2.76. The predicted octanol–water partition coefficient (Wildman–Crippen LogP) is 2.37. The van der Waals surface area contributed by atoms with Gasteiger partial charge in [0.25, 0.3) is 5.91 Å². The Labute approximate surface area is 140 Å². The SMILES string of the molecule is CC1CCNCC1NC(=O)c1cn[nH]c1-c1ccccc1F.Cl. The quantitative estimate of drug-likeness (QED) is 0.804. The van der Waals surface area contributed by atoms with Crippen LogP contribution in [0.15, 0.2) is 30.5 Å². The Bertz CT molecular complexity index is 676. The van der Waals surface area contributed by atoms with Crippen molar-refractivity contribution in [3.05, 3.63) is 41.8 Å². The van der Waals surface area contributed by atoms with Crippen molar-refractivity contribution in [3.63, 3.8) is 0 Å². The molecule has 0 bridgehead atoms. The van der Waals surface area contributed by atoms with Crippen molar-refractivity contribution in [2.45, 2.75) is 19.4 Å². The van der Waals surface area contributed by atoms with Crippen LogP contribution in [-0.4, -0.2) is 35.2 Å². The predicted molar refractivity (Wildman–Crippen MR) is 89.1 cm³/mol. The second kappa shape index (κ2) is 7.57. The van der Waals surface area contributed by atoms with E-state index in [-0.39, 0.29) is 30.2 Å². The van der Waals surface area contributed by atoms with Crippen molar-refractivity contribution in [1.82, 2.24) is 20.8 Å². The molecule has 1 aromatic carbocycles. The zero-order valence-electron chi connectivity index (χ0n) is 12.8. The van der Waals surface area contributed by atoms with Gasteiger partial charge in [-0.3, -0.25) is 9.89 Å². The van der Waals surface area contributed by atoms with Gasteiger partial charge in [-0.25, -0.2) is 4.39 Å². The molecule has 1 fully saturated rings. The number of nitrogens with zero attached hydrogens (tertiary/aromatic N) is 1. The summed E-state index contributed by atoms with van der Waals surface area (Å²) in [5.41, 5.74) is 1.12. The van der Waals surface area contributed by atoms with Crippen LogP contribution in [0.1, 0.15) is 23.7 Å². The first-order valence-electron chi connectivity index (χ1n) is 7.46. The number of rotatable bonds is 3. The molecule has 3 rings (SSSR count). The van der Waals surface area contributed by atoms with Gasteiger partial charge in [-0.2, -0.15) is 5.10 Å². The zero-order valence-corrected chi connectivity index (χ0v) is 13.6. The molecule has 2 heterocycles. The smallest absolute Gasteiger partial charge is 0.255 e. The standard InChI is InChI=1S/C16H19FN4O.ClH/c1-10-6-7-18-9-14(10)20-16(22)12-8-19-21-15(12)11-4-2-3-5-13(11)17;/h2-5,8,10,14,18H,6-7,9H2,1H3,(H,19,21)(H,20,22);1H. The summed E-state index contributed by atoms with van der Waals surface area (Å²) in [6.45, 7) is 3.85. The fraction of sp³-hybridized carbons (Fsp3) is 0.375. The Morgan fingerprint density at radius 3 is 2.91 bits per heavy atom. The average molecular weight is 339 g/mol. The summed E-state index contributed by atoms with van der Waals surface area (Å²) in [5, 5.41) is 12.9. The molecule has 2 unspecified atom stereocenters. The van der Waals surface area contributed by atoms with E-state index in [0.717, 1.165) is 19.5 Å². The number of amides is 1. The number of hydrogen-bond donors (Lipinski definition) is 3. The normalized spacial score (nSPS) is 20.6. The maximum absolute atomic E-state index is 13.9. The lowest BCUT2D eigenvalue weighted by atomic mass is 9.94. The topological polar surface area (TPSA) is 69.8 Å². The lowest BCUT2D eigenvalue weighted by Crippen LogP contribution is -2.50. The summed E-state index contributed by atoms with van der Waals surface area (Å²) in [4.78, 5) is 12.5. The Morgan fingerprint density at radius 1 is 1.39 bits per heavy atom. The van der Waals surface area contributed by atoms with E-state index in [1.54, 1.807) is 18.2 Å². The van der Waals surface area contributed by atoms with E-state index in [9.17, 15) is 9.18 Å². The van der Waals surface area contributed by atoms with Gasteiger partial charge in [0.05, 0.1) is 17.5 Å². The molecular weight excluding hydrogens is 319 g/mol. The first-order valence-corrected chi connectivity index (χ1v) is 7.46. The van der Waals surface area contributed by atoms with Crippen molar-refractivity contribution in [2.75, 3.05) is 13.1 Å². The third-order valence-corrected chi connectivity index (χ3v) is 4.17. The van der Waals surface area contributed by atoms with E-state index < -0.39 is 0 Å². The van der Waals surface area contributed by atoms with E-state index in [1.165, 1.54) is 12.3 Å². The summed E-state index contributed by atoms with van der Waals surface area (Å²) in [5.74, 6) is -0.199. The number of carbonyl (C=O) groups excluding carboxylic acids is 1. The Morgan fingerprint density at radius 2 is 2.17 bits per heavy atom. The van der Waals surface area contributed by atoms with Crippen LogP contribution in [-0.2, 0) is 0 Å². The molecule has 1 amide bonds. The van der Waals surface area contributed by atoms with E-state index in [4.69, 9.17) is 0 Å². The summed E-state index contributed by atoms with van der Waals surface area (Å²) >= 11 is 0. The van der Waals surface area contributed by atoms with Crippen LogP contribution in [0.2, 0.25) is 0 Å². The number of carbonyl (C=O) groups is 1. The zero-order chi connectivity index (χ0) is 15.5. The molecule has 5 nitrogen and oxygen atoms in total. The maximum atomic E-state index is 13.9. The van der Waals surface area contributed by atoms with Crippen LogP contribution < -0.4 is 10.6 Å². The third-order valence-electron chi connectivity index (χ3n) is 4.17. The minimum absolute atomic E-state index is 0. The number of H-pyrrole nitrogens is 1. The molecular formula is C16H20ClFN4O. The Kier molecular flexibility index (Phi) is 5.74. The monoisotopic (exact) mass is 338 g/mol. The minimum atomic E-state index is -0.381. The van der Waals surface area contributed by atoms with Crippen LogP contribution in [0.5, 0.6) is 0 Å². The van der Waals surface area contributed by atoms with Crippen LogP contribution in [0, 0.1) is 11.7 Å². The van der Waals surface area contributed by atoms with Crippen LogP contribution in [0.3, 0.4) is 0 Å². The fourth-order valence-electron chi connectivity index (χ4n) is 2.76. The van der Waals surface area contributed by atoms with E-state index in [1.807, 2.05) is 0 Å². The summed E-state index contributed by atoms with van der Waals surface area (Å²) in [7, 11) is 0. The average Bonchev–Trinajstić information content (AvgIpc) is 2.99. The molecule has 3 N–H and O–H groups in total. The second-order valence-electron chi connectivity index (χ2n) is 5.69. The number of piperidine rings is 1. The first kappa shape index (κ1) is 17.4. The minimum Gasteiger partial charge on any atom is -0.348 e. The summed E-state index contributed by atoms with van der Waals surface area (Å²) in [6, 6.07) is 6.41. The molecule has 0 saturated carbocycles. The van der Waals surface area contributed by atoms with Crippen molar-refractivity contribution < 1.29 is 9.18 Å². The second-order valence-corrected chi connectivity index (χ2v) is 5.69. The Hall–Kier alpha value is -1.92. The Balaban J connectivity index is 0.00000192. The summed E-state index contributed by atoms with van der Waals surface area (Å²) in [6.07, 6.45) is 2.47. The molecule has 1 aliphatic heterocycles. The molecule has 0 aliphatic carbocycles. The van der Waals surface area contributed by atoms with Gasteiger partial charge in [-0.15, -0.1) is 12.4 Å². The maximum Gasteiger partial charge on any atom is 0.255 e. The molecule has 124 valence electrons. The number of benzene rings is 1. The van der Waals surface area contributed by atoms with Gasteiger partial charge in [0.1, 0.15) is 5.82 Å². The van der Waals surface area contributed by atoms with Crippen molar-refractivity contribution in [3.8, 4) is 11.3 Å². The van der Waals surface area contributed by atoms with E-state index in [2.05, 4.69) is 27.8 Å². The molecule has 7 heteroatoms. The van der Waals surface area contributed by atoms with Gasteiger partial charge in [0.2, 0.25) is 0 Å². The third kappa shape index (κ3) is 3.71. The lowest BCUT2D eigenvalue weighted by molar-refractivity contribution is 0.0916. The highest BCUT2D eigenvalue weighted by Crippen LogP contribution is 2.24. The summed E-state index contributed by atoms with van der Waals surface area (Å²) < 4.78 is 13.9. The van der Waals surface area contributed by atoms with Gasteiger partial charge >= 0.3 is 0 Å². The first-order chi connectivity index (χ1) is 10.7. The number of halogens is 2. The number of hydrogen-bond acceptors (Lipinski definition) is 3. The number of nitrogens with one attached hydrogen (secondary N) is 3. The van der Waals surface area contributed by atoms with E-state index in [0.29, 0.717) is 22.7 Å². The largest absolute Gasteiger partial charge is 0.348 e. The highest BCUT2D eigenvalue weighted by molar-refractivity contribution is 6.00. The molecule has 2 aromatic rings. The van der Waals surface area contributed by atoms with Gasteiger partial charge < -0.3 is 10.6 Å². The molecule has 1 aromatic heterocycles.